The zero-order chi connectivity index (χ0) is 15.7. The molecule has 0 aliphatic carbocycles. The van der Waals surface area contributed by atoms with Gasteiger partial charge in [0.2, 0.25) is 0 Å². The van der Waals surface area contributed by atoms with E-state index in [0.717, 1.165) is 0 Å². The molecular formula is C15H21BrF3N. The van der Waals surface area contributed by atoms with Crippen LogP contribution in [-0.2, 0) is 11.5 Å². The average Bonchev–Trinajstić information content (AvgIpc) is 2.34. The molecule has 1 unspecified atom stereocenters. The van der Waals surface area contributed by atoms with Crippen molar-refractivity contribution in [2.45, 2.75) is 45.2 Å². The van der Waals surface area contributed by atoms with E-state index in [1.165, 1.54) is 6.07 Å². The quantitative estimate of drug-likeness (QED) is 0.652. The number of nitrogens with zero attached hydrogens (tertiary/aromatic N) is 1. The van der Waals surface area contributed by atoms with Crippen molar-refractivity contribution in [1.29, 1.82) is 0 Å². The summed E-state index contributed by atoms with van der Waals surface area (Å²) in [6.07, 6.45) is -4.33. The number of benzene rings is 1. The molecule has 1 rings (SSSR count). The van der Waals surface area contributed by atoms with Crippen LogP contribution in [0.25, 0.3) is 0 Å². The van der Waals surface area contributed by atoms with Crippen LogP contribution in [0.1, 0.15) is 38.8 Å². The second-order valence-electron chi connectivity index (χ2n) is 6.13. The Morgan fingerprint density at radius 2 is 1.75 bits per heavy atom. The van der Waals surface area contributed by atoms with Crippen molar-refractivity contribution < 1.29 is 13.2 Å². The van der Waals surface area contributed by atoms with Gasteiger partial charge < -0.3 is 4.90 Å². The molecule has 0 amide bonds. The van der Waals surface area contributed by atoms with Gasteiger partial charge in [-0.2, -0.15) is 13.2 Å². The molecule has 0 aromatic heterocycles. The molecule has 0 N–H and O–H groups in total. The van der Waals surface area contributed by atoms with Crippen LogP contribution in [0.3, 0.4) is 0 Å². The predicted octanol–water partition coefficient (Wildman–Crippen LogP) is 5.47. The van der Waals surface area contributed by atoms with Gasteiger partial charge in [0.05, 0.1) is 5.56 Å². The molecule has 0 bridgehead atoms. The summed E-state index contributed by atoms with van der Waals surface area (Å²) in [5, 5.41) is 0.195. The summed E-state index contributed by atoms with van der Waals surface area (Å²) < 4.78 is 39.2. The zero-order valence-electron chi connectivity index (χ0n) is 12.5. The van der Waals surface area contributed by atoms with Crippen LogP contribution in [0.15, 0.2) is 18.2 Å². The largest absolute Gasteiger partial charge is 0.416 e. The topological polar surface area (TPSA) is 3.24 Å². The number of halogens is 4. The Hall–Kier alpha value is -0.710. The van der Waals surface area contributed by atoms with E-state index in [1.54, 1.807) is 12.1 Å². The van der Waals surface area contributed by atoms with E-state index < -0.39 is 11.7 Å². The van der Waals surface area contributed by atoms with Gasteiger partial charge in [0, 0.05) is 24.1 Å². The second kappa shape index (κ2) is 5.96. The van der Waals surface area contributed by atoms with Crippen molar-refractivity contribution in [2.24, 2.45) is 5.41 Å². The lowest BCUT2D eigenvalue weighted by Gasteiger charge is -2.37. The molecule has 5 heteroatoms. The Kier molecular flexibility index (Phi) is 5.17. The van der Waals surface area contributed by atoms with E-state index in [1.807, 2.05) is 18.9 Å². The van der Waals surface area contributed by atoms with Gasteiger partial charge in [0.1, 0.15) is 0 Å². The molecule has 0 spiro atoms. The molecule has 0 saturated heterocycles. The van der Waals surface area contributed by atoms with Crippen LogP contribution >= 0.6 is 15.9 Å². The normalized spacial score (nSPS) is 14.2. The van der Waals surface area contributed by atoms with Crippen LogP contribution in [0.5, 0.6) is 0 Å². The first-order valence-electron chi connectivity index (χ1n) is 6.47. The van der Waals surface area contributed by atoms with Crippen LogP contribution in [0, 0.1) is 5.41 Å². The molecule has 1 atom stereocenters. The molecule has 1 aromatic carbocycles. The number of rotatable bonds is 3. The first-order valence-corrected chi connectivity index (χ1v) is 7.59. The summed E-state index contributed by atoms with van der Waals surface area (Å²) in [5.74, 6) is 0. The van der Waals surface area contributed by atoms with Gasteiger partial charge in [-0.1, -0.05) is 42.8 Å². The van der Waals surface area contributed by atoms with Crippen LogP contribution < -0.4 is 4.90 Å². The molecule has 1 aromatic rings. The standard InChI is InChI=1S/C15H21BrF3N/c1-10(14(2,3)4)20(5)12-7-6-11(9-16)13(8-12)15(17,18)19/h6-8,10H,9H2,1-5H3. The van der Waals surface area contributed by atoms with E-state index in [-0.39, 0.29) is 22.4 Å². The fourth-order valence-electron chi connectivity index (χ4n) is 1.97. The van der Waals surface area contributed by atoms with E-state index in [9.17, 15) is 13.2 Å². The van der Waals surface area contributed by atoms with Crippen molar-refractivity contribution in [3.05, 3.63) is 29.3 Å². The molecule has 0 saturated carbocycles. The van der Waals surface area contributed by atoms with Gasteiger partial charge in [-0.15, -0.1) is 0 Å². The average molecular weight is 352 g/mol. The van der Waals surface area contributed by atoms with Crippen molar-refractivity contribution in [1.82, 2.24) is 0 Å². The monoisotopic (exact) mass is 351 g/mol. The fourth-order valence-corrected chi connectivity index (χ4v) is 2.46. The van der Waals surface area contributed by atoms with E-state index in [0.29, 0.717) is 5.69 Å². The number of alkyl halides is 4. The Labute approximate surface area is 127 Å². The number of anilines is 1. The predicted molar refractivity (Wildman–Crippen MR) is 81.4 cm³/mol. The van der Waals surface area contributed by atoms with Gasteiger partial charge in [0.25, 0.3) is 0 Å². The minimum Gasteiger partial charge on any atom is -0.371 e. The van der Waals surface area contributed by atoms with Crippen molar-refractivity contribution >= 4 is 21.6 Å². The maximum absolute atomic E-state index is 13.1. The highest BCUT2D eigenvalue weighted by Gasteiger charge is 2.34. The van der Waals surface area contributed by atoms with E-state index in [2.05, 4.69) is 36.7 Å². The molecule has 20 heavy (non-hydrogen) atoms. The van der Waals surface area contributed by atoms with Crippen LogP contribution in [0.2, 0.25) is 0 Å². The highest BCUT2D eigenvalue weighted by molar-refractivity contribution is 9.08. The second-order valence-corrected chi connectivity index (χ2v) is 6.69. The Morgan fingerprint density at radius 3 is 2.15 bits per heavy atom. The highest BCUT2D eigenvalue weighted by atomic mass is 79.9. The van der Waals surface area contributed by atoms with Gasteiger partial charge >= 0.3 is 6.18 Å². The number of hydrogen-bond acceptors (Lipinski definition) is 1. The first-order chi connectivity index (χ1) is 8.98. The lowest BCUT2D eigenvalue weighted by molar-refractivity contribution is -0.138. The first kappa shape index (κ1) is 17.3. The molecule has 114 valence electrons. The van der Waals surface area contributed by atoms with Gasteiger partial charge in [-0.05, 0) is 30.0 Å². The van der Waals surface area contributed by atoms with Crippen molar-refractivity contribution in [3.8, 4) is 0 Å². The van der Waals surface area contributed by atoms with Crippen LogP contribution in [-0.4, -0.2) is 13.1 Å². The third-order valence-electron chi connectivity index (χ3n) is 3.78. The lowest BCUT2D eigenvalue weighted by atomic mass is 9.87. The molecule has 0 radical (unpaired) electrons. The summed E-state index contributed by atoms with van der Waals surface area (Å²) >= 11 is 3.11. The van der Waals surface area contributed by atoms with Crippen LogP contribution in [0.4, 0.5) is 18.9 Å². The SMILES string of the molecule is CC(N(C)c1ccc(CBr)c(C(F)(F)F)c1)C(C)(C)C. The summed E-state index contributed by atoms with van der Waals surface area (Å²) in [4.78, 5) is 1.90. The molecular weight excluding hydrogens is 331 g/mol. The molecule has 0 fully saturated rings. The lowest BCUT2D eigenvalue weighted by Crippen LogP contribution is -2.39. The van der Waals surface area contributed by atoms with E-state index >= 15 is 0 Å². The molecule has 0 aliphatic heterocycles. The summed E-state index contributed by atoms with van der Waals surface area (Å²) in [5.41, 5.74) is 0.267. The Balaban J connectivity index is 3.22. The fraction of sp³-hybridized carbons (Fsp3) is 0.600. The third kappa shape index (κ3) is 3.90. The third-order valence-corrected chi connectivity index (χ3v) is 4.39. The maximum atomic E-state index is 13.1. The molecule has 0 heterocycles. The summed E-state index contributed by atoms with van der Waals surface area (Å²) in [6.45, 7) is 8.24. The van der Waals surface area contributed by atoms with Gasteiger partial charge in [-0.3, -0.25) is 0 Å². The summed E-state index contributed by atoms with van der Waals surface area (Å²) in [7, 11) is 1.83. The highest BCUT2D eigenvalue weighted by Crippen LogP contribution is 2.36. The Morgan fingerprint density at radius 1 is 1.20 bits per heavy atom. The molecule has 0 aliphatic rings. The van der Waals surface area contributed by atoms with Gasteiger partial charge in [0.15, 0.2) is 0 Å². The summed E-state index contributed by atoms with van der Waals surface area (Å²) in [6, 6.07) is 4.64. The minimum absolute atomic E-state index is 0.0127. The van der Waals surface area contributed by atoms with Crippen molar-refractivity contribution in [2.75, 3.05) is 11.9 Å². The van der Waals surface area contributed by atoms with Gasteiger partial charge in [-0.25, -0.2) is 0 Å². The molecule has 1 nitrogen and oxygen atoms in total. The minimum atomic E-state index is -4.33. The Bertz CT molecular complexity index is 463. The smallest absolute Gasteiger partial charge is 0.371 e. The maximum Gasteiger partial charge on any atom is 0.416 e. The van der Waals surface area contributed by atoms with Crippen molar-refractivity contribution in [3.63, 3.8) is 0 Å². The number of hydrogen-bond donors (Lipinski definition) is 0. The van der Waals surface area contributed by atoms with E-state index in [4.69, 9.17) is 0 Å². The zero-order valence-corrected chi connectivity index (χ0v) is 14.1.